The number of hydrogen-bond acceptors (Lipinski definition) is 4. The molecule has 2 N–H and O–H groups in total. The molecule has 0 fully saturated rings. The number of aromatic nitrogens is 2. The van der Waals surface area contributed by atoms with Gasteiger partial charge >= 0.3 is 0 Å². The van der Waals surface area contributed by atoms with Crippen LogP contribution in [-0.2, 0) is 6.42 Å². The standard InChI is InChI=1S/C15H19N3O/c1-12(16)15-5-4-14(11-18-15)19-10-2-3-13-6-8-17-9-7-13/h4-9,11-12H,2-3,10,16H2,1H3/t12-/m0/s1. The van der Waals surface area contributed by atoms with Gasteiger partial charge < -0.3 is 10.5 Å². The summed E-state index contributed by atoms with van der Waals surface area (Å²) >= 11 is 0. The van der Waals surface area contributed by atoms with Gasteiger partial charge in [-0.3, -0.25) is 9.97 Å². The molecule has 0 spiro atoms. The number of rotatable bonds is 6. The van der Waals surface area contributed by atoms with Gasteiger partial charge in [0.1, 0.15) is 5.75 Å². The van der Waals surface area contributed by atoms with Gasteiger partial charge in [0, 0.05) is 18.4 Å². The minimum absolute atomic E-state index is 0.0410. The third kappa shape index (κ3) is 4.34. The Labute approximate surface area is 113 Å². The number of ether oxygens (including phenoxy) is 1. The molecule has 0 aliphatic heterocycles. The van der Waals surface area contributed by atoms with Crippen molar-refractivity contribution in [2.45, 2.75) is 25.8 Å². The molecule has 0 amide bonds. The van der Waals surface area contributed by atoms with E-state index in [2.05, 4.69) is 9.97 Å². The van der Waals surface area contributed by atoms with Gasteiger partial charge in [0.2, 0.25) is 0 Å². The Morgan fingerprint density at radius 2 is 2.00 bits per heavy atom. The van der Waals surface area contributed by atoms with Gasteiger partial charge in [-0.25, -0.2) is 0 Å². The molecule has 0 saturated heterocycles. The molecule has 1 atom stereocenters. The zero-order valence-corrected chi connectivity index (χ0v) is 11.1. The monoisotopic (exact) mass is 257 g/mol. The normalized spacial score (nSPS) is 12.1. The molecule has 19 heavy (non-hydrogen) atoms. The van der Waals surface area contributed by atoms with Crippen molar-refractivity contribution in [2.75, 3.05) is 6.61 Å². The number of pyridine rings is 2. The van der Waals surface area contributed by atoms with E-state index in [0.29, 0.717) is 6.61 Å². The van der Waals surface area contributed by atoms with Crippen LogP contribution in [0, 0.1) is 0 Å². The Hall–Kier alpha value is -1.94. The van der Waals surface area contributed by atoms with Crippen LogP contribution >= 0.6 is 0 Å². The van der Waals surface area contributed by atoms with Crippen LogP contribution in [0.15, 0.2) is 42.9 Å². The molecule has 4 heteroatoms. The predicted octanol–water partition coefficient (Wildman–Crippen LogP) is 2.51. The van der Waals surface area contributed by atoms with Crippen LogP contribution in [0.25, 0.3) is 0 Å². The summed E-state index contributed by atoms with van der Waals surface area (Å²) in [5, 5.41) is 0. The van der Waals surface area contributed by atoms with Crippen molar-refractivity contribution in [3.05, 3.63) is 54.1 Å². The molecular formula is C15H19N3O. The molecule has 4 nitrogen and oxygen atoms in total. The van der Waals surface area contributed by atoms with E-state index in [4.69, 9.17) is 10.5 Å². The minimum Gasteiger partial charge on any atom is -0.492 e. The zero-order valence-electron chi connectivity index (χ0n) is 11.1. The van der Waals surface area contributed by atoms with Crippen LogP contribution in [0.5, 0.6) is 5.75 Å². The molecule has 0 unspecified atom stereocenters. The van der Waals surface area contributed by atoms with Gasteiger partial charge in [-0.15, -0.1) is 0 Å². The fourth-order valence-electron chi connectivity index (χ4n) is 1.76. The van der Waals surface area contributed by atoms with E-state index in [1.54, 1.807) is 6.20 Å². The molecule has 0 aliphatic carbocycles. The Morgan fingerprint density at radius 1 is 1.21 bits per heavy atom. The van der Waals surface area contributed by atoms with Gasteiger partial charge in [0.25, 0.3) is 0 Å². The first-order chi connectivity index (χ1) is 9.25. The maximum Gasteiger partial charge on any atom is 0.137 e. The third-order valence-corrected chi connectivity index (χ3v) is 2.85. The van der Waals surface area contributed by atoms with Crippen molar-refractivity contribution in [3.8, 4) is 5.75 Å². The lowest BCUT2D eigenvalue weighted by Gasteiger charge is -2.08. The van der Waals surface area contributed by atoms with Crippen LogP contribution in [0.4, 0.5) is 0 Å². The van der Waals surface area contributed by atoms with Crippen LogP contribution in [0.2, 0.25) is 0 Å². The maximum absolute atomic E-state index is 5.74. The summed E-state index contributed by atoms with van der Waals surface area (Å²) in [6, 6.07) is 7.83. The van der Waals surface area contributed by atoms with E-state index >= 15 is 0 Å². The predicted molar refractivity (Wildman–Crippen MR) is 74.9 cm³/mol. The highest BCUT2D eigenvalue weighted by Gasteiger charge is 2.01. The van der Waals surface area contributed by atoms with Crippen molar-refractivity contribution >= 4 is 0 Å². The first-order valence-electron chi connectivity index (χ1n) is 6.49. The second kappa shape index (κ2) is 6.85. The highest BCUT2D eigenvalue weighted by Crippen LogP contribution is 2.13. The lowest BCUT2D eigenvalue weighted by molar-refractivity contribution is 0.309. The van der Waals surface area contributed by atoms with E-state index in [-0.39, 0.29) is 6.04 Å². The Bertz CT molecular complexity index is 483. The summed E-state index contributed by atoms with van der Waals surface area (Å²) in [5.41, 5.74) is 7.90. The van der Waals surface area contributed by atoms with E-state index < -0.39 is 0 Å². The summed E-state index contributed by atoms with van der Waals surface area (Å²) in [4.78, 5) is 8.25. The SMILES string of the molecule is C[C@H](N)c1ccc(OCCCc2ccncc2)cn1. The summed E-state index contributed by atoms with van der Waals surface area (Å²) in [7, 11) is 0. The van der Waals surface area contributed by atoms with Crippen molar-refractivity contribution in [1.82, 2.24) is 9.97 Å². The molecule has 0 aromatic carbocycles. The van der Waals surface area contributed by atoms with Gasteiger partial charge in [0.15, 0.2) is 0 Å². The fourth-order valence-corrected chi connectivity index (χ4v) is 1.76. The molecule has 0 bridgehead atoms. The smallest absolute Gasteiger partial charge is 0.137 e. The van der Waals surface area contributed by atoms with Crippen molar-refractivity contribution in [2.24, 2.45) is 5.73 Å². The highest BCUT2D eigenvalue weighted by atomic mass is 16.5. The minimum atomic E-state index is -0.0410. The van der Waals surface area contributed by atoms with Crippen LogP contribution < -0.4 is 10.5 Å². The summed E-state index contributed by atoms with van der Waals surface area (Å²) < 4.78 is 5.64. The first kappa shape index (κ1) is 13.5. The second-order valence-corrected chi connectivity index (χ2v) is 4.51. The van der Waals surface area contributed by atoms with E-state index in [1.165, 1.54) is 5.56 Å². The van der Waals surface area contributed by atoms with Crippen molar-refractivity contribution in [3.63, 3.8) is 0 Å². The Balaban J connectivity index is 1.74. The van der Waals surface area contributed by atoms with Crippen molar-refractivity contribution in [1.29, 1.82) is 0 Å². The molecule has 2 aromatic heterocycles. The van der Waals surface area contributed by atoms with E-state index in [1.807, 2.05) is 43.6 Å². The first-order valence-corrected chi connectivity index (χ1v) is 6.49. The molecule has 100 valence electrons. The molecule has 0 saturated carbocycles. The average Bonchev–Trinajstić information content (AvgIpc) is 2.45. The summed E-state index contributed by atoms with van der Waals surface area (Å²) in [5.74, 6) is 0.791. The Kier molecular flexibility index (Phi) is 4.86. The topological polar surface area (TPSA) is 61.0 Å². The largest absolute Gasteiger partial charge is 0.492 e. The summed E-state index contributed by atoms with van der Waals surface area (Å²) in [6.07, 6.45) is 7.32. The molecule has 2 heterocycles. The van der Waals surface area contributed by atoms with E-state index in [9.17, 15) is 0 Å². The van der Waals surface area contributed by atoms with Gasteiger partial charge in [-0.1, -0.05) is 0 Å². The molecule has 2 rings (SSSR count). The van der Waals surface area contributed by atoms with Crippen LogP contribution in [-0.4, -0.2) is 16.6 Å². The van der Waals surface area contributed by atoms with Gasteiger partial charge in [-0.2, -0.15) is 0 Å². The maximum atomic E-state index is 5.74. The quantitative estimate of drug-likeness (QED) is 0.808. The average molecular weight is 257 g/mol. The molecule has 2 aromatic rings. The number of nitrogens with two attached hydrogens (primary N) is 1. The van der Waals surface area contributed by atoms with Crippen molar-refractivity contribution < 1.29 is 4.74 Å². The number of aryl methyl sites for hydroxylation is 1. The number of nitrogens with zero attached hydrogens (tertiary/aromatic N) is 2. The highest BCUT2D eigenvalue weighted by molar-refractivity contribution is 5.21. The molecule has 0 radical (unpaired) electrons. The van der Waals surface area contributed by atoms with Crippen LogP contribution in [0.3, 0.4) is 0 Å². The molecular weight excluding hydrogens is 238 g/mol. The Morgan fingerprint density at radius 3 is 2.63 bits per heavy atom. The second-order valence-electron chi connectivity index (χ2n) is 4.51. The lowest BCUT2D eigenvalue weighted by Crippen LogP contribution is -2.07. The third-order valence-electron chi connectivity index (χ3n) is 2.85. The lowest BCUT2D eigenvalue weighted by atomic mass is 10.1. The van der Waals surface area contributed by atoms with Crippen LogP contribution in [0.1, 0.15) is 30.6 Å². The number of hydrogen-bond donors (Lipinski definition) is 1. The van der Waals surface area contributed by atoms with Gasteiger partial charge in [0.05, 0.1) is 18.5 Å². The fraction of sp³-hybridized carbons (Fsp3) is 0.333. The zero-order chi connectivity index (χ0) is 13.5. The summed E-state index contributed by atoms with van der Waals surface area (Å²) in [6.45, 7) is 2.60. The molecule has 0 aliphatic rings. The van der Waals surface area contributed by atoms with E-state index in [0.717, 1.165) is 24.3 Å². The van der Waals surface area contributed by atoms with Gasteiger partial charge in [-0.05, 0) is 49.6 Å².